The highest BCUT2D eigenvalue weighted by molar-refractivity contribution is 5.94. The van der Waals surface area contributed by atoms with Crippen molar-refractivity contribution in [1.82, 2.24) is 0 Å². The second kappa shape index (κ2) is 4.63. The van der Waals surface area contributed by atoms with Crippen LogP contribution in [0.4, 0.5) is 5.69 Å². The number of carbonyl (C=O) groups is 1. The summed E-state index contributed by atoms with van der Waals surface area (Å²) in [4.78, 5) is 11.9. The van der Waals surface area contributed by atoms with E-state index in [0.717, 1.165) is 11.8 Å². The predicted molar refractivity (Wildman–Crippen MR) is 70.1 cm³/mol. The van der Waals surface area contributed by atoms with Gasteiger partial charge in [-0.1, -0.05) is 25.0 Å². The van der Waals surface area contributed by atoms with E-state index in [9.17, 15) is 4.79 Å². The minimum atomic E-state index is -0.281. The number of para-hydroxylation sites is 1. The normalized spacial score (nSPS) is 29.4. The number of ether oxygens (including phenoxy) is 1. The van der Waals surface area contributed by atoms with Crippen molar-refractivity contribution < 1.29 is 9.53 Å². The average molecular weight is 245 g/mol. The molecule has 0 spiro atoms. The maximum absolute atomic E-state index is 11.9. The van der Waals surface area contributed by atoms with Gasteiger partial charge in [0.15, 0.2) is 0 Å². The van der Waals surface area contributed by atoms with Gasteiger partial charge in [0, 0.05) is 5.69 Å². The molecule has 2 fully saturated rings. The zero-order valence-corrected chi connectivity index (χ0v) is 10.5. The van der Waals surface area contributed by atoms with Gasteiger partial charge in [-0.3, -0.25) is 0 Å². The summed E-state index contributed by atoms with van der Waals surface area (Å²) in [5.74, 6) is 1.97. The molecule has 3 rings (SSSR count). The number of nitrogen functional groups attached to an aromatic ring is 1. The van der Waals surface area contributed by atoms with E-state index in [1.807, 2.05) is 12.1 Å². The van der Waals surface area contributed by atoms with Crippen molar-refractivity contribution >= 4 is 11.7 Å². The highest BCUT2D eigenvalue weighted by Crippen LogP contribution is 2.55. The number of rotatable bonds is 3. The highest BCUT2D eigenvalue weighted by Gasteiger charge is 2.50. The molecule has 2 atom stereocenters. The van der Waals surface area contributed by atoms with Gasteiger partial charge in [0.25, 0.3) is 0 Å². The summed E-state index contributed by atoms with van der Waals surface area (Å²) in [5.41, 5.74) is 6.74. The Labute approximate surface area is 107 Å². The Balaban J connectivity index is 1.55. The minimum Gasteiger partial charge on any atom is -0.462 e. The molecule has 0 radical (unpaired) electrons. The average Bonchev–Trinajstić information content (AvgIpc) is 3.10. The lowest BCUT2D eigenvalue weighted by Gasteiger charge is -2.06. The van der Waals surface area contributed by atoms with Crippen molar-refractivity contribution in [2.75, 3.05) is 12.3 Å². The largest absolute Gasteiger partial charge is 0.462 e. The van der Waals surface area contributed by atoms with Crippen LogP contribution in [0.3, 0.4) is 0 Å². The fourth-order valence-corrected chi connectivity index (χ4v) is 3.32. The molecule has 2 aliphatic rings. The van der Waals surface area contributed by atoms with E-state index in [2.05, 4.69) is 0 Å². The van der Waals surface area contributed by atoms with Crippen LogP contribution in [0.15, 0.2) is 24.3 Å². The molecule has 18 heavy (non-hydrogen) atoms. The van der Waals surface area contributed by atoms with Crippen LogP contribution >= 0.6 is 0 Å². The maximum atomic E-state index is 11.9. The Hall–Kier alpha value is -1.51. The molecule has 0 heterocycles. The predicted octanol–water partition coefficient (Wildman–Crippen LogP) is 2.86. The molecule has 0 saturated heterocycles. The topological polar surface area (TPSA) is 52.3 Å². The molecule has 2 aliphatic carbocycles. The van der Waals surface area contributed by atoms with Gasteiger partial charge in [0.1, 0.15) is 0 Å². The van der Waals surface area contributed by atoms with Crippen LogP contribution in [0.5, 0.6) is 0 Å². The molecule has 0 bridgehead atoms. The summed E-state index contributed by atoms with van der Waals surface area (Å²) in [6, 6.07) is 7.08. The first-order valence-corrected chi connectivity index (χ1v) is 6.79. The number of fused-ring (bicyclic) bond motifs is 1. The van der Waals surface area contributed by atoms with E-state index in [1.54, 1.807) is 12.1 Å². The molecule has 0 amide bonds. The third-order valence-corrected chi connectivity index (χ3v) is 4.42. The minimum absolute atomic E-state index is 0.281. The van der Waals surface area contributed by atoms with Crippen LogP contribution in [0.1, 0.15) is 36.0 Å². The Kier molecular flexibility index (Phi) is 2.98. The molecule has 2 N–H and O–H groups in total. The molecule has 0 aromatic heterocycles. The van der Waals surface area contributed by atoms with Crippen molar-refractivity contribution in [3.05, 3.63) is 29.8 Å². The van der Waals surface area contributed by atoms with Crippen molar-refractivity contribution in [3.63, 3.8) is 0 Å². The lowest BCUT2D eigenvalue weighted by Crippen LogP contribution is -2.10. The Morgan fingerprint density at radius 3 is 2.56 bits per heavy atom. The van der Waals surface area contributed by atoms with E-state index in [-0.39, 0.29) is 5.97 Å². The first-order chi connectivity index (χ1) is 8.77. The molecule has 3 heteroatoms. The lowest BCUT2D eigenvalue weighted by atomic mass is 10.0. The molecule has 2 saturated carbocycles. The van der Waals surface area contributed by atoms with Crippen molar-refractivity contribution in [2.24, 2.45) is 17.8 Å². The third-order valence-electron chi connectivity index (χ3n) is 4.42. The van der Waals surface area contributed by atoms with Crippen molar-refractivity contribution in [3.8, 4) is 0 Å². The standard InChI is InChI=1S/C15H19NO2/c16-14-8-4-3-7-12(14)15(17)18-9-13-10-5-1-2-6-11(10)13/h3-4,7-8,10-11,13H,1-2,5-6,9,16H2. The quantitative estimate of drug-likeness (QED) is 0.658. The number of anilines is 1. The lowest BCUT2D eigenvalue weighted by molar-refractivity contribution is 0.0477. The molecule has 96 valence electrons. The first-order valence-electron chi connectivity index (χ1n) is 6.79. The molecular weight excluding hydrogens is 226 g/mol. The number of carbonyl (C=O) groups excluding carboxylic acids is 1. The third kappa shape index (κ3) is 2.09. The maximum Gasteiger partial charge on any atom is 0.340 e. The fraction of sp³-hybridized carbons (Fsp3) is 0.533. The van der Waals surface area contributed by atoms with Gasteiger partial charge >= 0.3 is 5.97 Å². The van der Waals surface area contributed by atoms with Gasteiger partial charge in [-0.05, 0) is 42.7 Å². The van der Waals surface area contributed by atoms with E-state index >= 15 is 0 Å². The van der Waals surface area contributed by atoms with Gasteiger partial charge in [0.2, 0.25) is 0 Å². The highest BCUT2D eigenvalue weighted by atomic mass is 16.5. The van der Waals surface area contributed by atoms with Gasteiger partial charge in [0.05, 0.1) is 12.2 Å². The Bertz CT molecular complexity index is 446. The van der Waals surface area contributed by atoms with Crippen LogP contribution in [0, 0.1) is 17.8 Å². The molecular formula is C15H19NO2. The second-order valence-corrected chi connectivity index (χ2v) is 5.46. The van der Waals surface area contributed by atoms with Gasteiger partial charge in [-0.15, -0.1) is 0 Å². The summed E-state index contributed by atoms with van der Waals surface area (Å²) < 4.78 is 5.41. The van der Waals surface area contributed by atoms with Crippen molar-refractivity contribution in [1.29, 1.82) is 0 Å². The number of benzene rings is 1. The van der Waals surface area contributed by atoms with Gasteiger partial charge in [-0.2, -0.15) is 0 Å². The van der Waals surface area contributed by atoms with Gasteiger partial charge < -0.3 is 10.5 Å². The van der Waals surface area contributed by atoms with Crippen LogP contribution in [0.25, 0.3) is 0 Å². The first kappa shape index (κ1) is 11.6. The SMILES string of the molecule is Nc1ccccc1C(=O)OCC1C2CCCCC21. The summed E-state index contributed by atoms with van der Waals surface area (Å²) in [5, 5.41) is 0. The molecule has 1 aromatic carbocycles. The number of hydrogen-bond donors (Lipinski definition) is 1. The molecule has 3 nitrogen and oxygen atoms in total. The Morgan fingerprint density at radius 1 is 1.22 bits per heavy atom. The number of esters is 1. The van der Waals surface area contributed by atoms with E-state index in [0.29, 0.717) is 23.8 Å². The second-order valence-electron chi connectivity index (χ2n) is 5.46. The van der Waals surface area contributed by atoms with Crippen LogP contribution < -0.4 is 5.73 Å². The zero-order valence-electron chi connectivity index (χ0n) is 10.5. The smallest absolute Gasteiger partial charge is 0.340 e. The fourth-order valence-electron chi connectivity index (χ4n) is 3.32. The van der Waals surface area contributed by atoms with Crippen LogP contribution in [-0.2, 0) is 4.74 Å². The van der Waals surface area contributed by atoms with E-state index in [1.165, 1.54) is 25.7 Å². The Morgan fingerprint density at radius 2 is 1.89 bits per heavy atom. The summed E-state index contributed by atoms with van der Waals surface area (Å²) in [7, 11) is 0. The summed E-state index contributed by atoms with van der Waals surface area (Å²) >= 11 is 0. The van der Waals surface area contributed by atoms with Crippen LogP contribution in [0.2, 0.25) is 0 Å². The van der Waals surface area contributed by atoms with Crippen molar-refractivity contribution in [2.45, 2.75) is 25.7 Å². The summed E-state index contributed by atoms with van der Waals surface area (Å²) in [6.45, 7) is 0.572. The van der Waals surface area contributed by atoms with E-state index in [4.69, 9.17) is 10.5 Å². The number of nitrogens with two attached hydrogens (primary N) is 1. The monoisotopic (exact) mass is 245 g/mol. The molecule has 2 unspecified atom stereocenters. The van der Waals surface area contributed by atoms with E-state index < -0.39 is 0 Å². The number of hydrogen-bond acceptors (Lipinski definition) is 3. The summed E-state index contributed by atoms with van der Waals surface area (Å²) in [6.07, 6.45) is 5.33. The molecule has 0 aliphatic heterocycles. The zero-order chi connectivity index (χ0) is 12.5. The van der Waals surface area contributed by atoms with Gasteiger partial charge in [-0.25, -0.2) is 4.79 Å². The molecule has 1 aromatic rings. The van der Waals surface area contributed by atoms with Crippen LogP contribution in [-0.4, -0.2) is 12.6 Å².